The first-order chi connectivity index (χ1) is 12.5. The summed E-state index contributed by atoms with van der Waals surface area (Å²) in [5, 5.41) is 5.11. The summed E-state index contributed by atoms with van der Waals surface area (Å²) in [7, 11) is 0. The Kier molecular flexibility index (Phi) is 5.46. The number of fused-ring (bicyclic) bond motifs is 1. The van der Waals surface area contributed by atoms with Crippen LogP contribution in [0.2, 0.25) is 0 Å². The molecule has 3 aromatic rings. The molecule has 0 bridgehead atoms. The van der Waals surface area contributed by atoms with Gasteiger partial charge in [-0.25, -0.2) is 9.37 Å². The van der Waals surface area contributed by atoms with E-state index in [1.54, 1.807) is 12.1 Å². The minimum absolute atomic E-state index is 0.0709. The van der Waals surface area contributed by atoms with E-state index < -0.39 is 0 Å². The van der Waals surface area contributed by atoms with Crippen molar-refractivity contribution in [1.29, 1.82) is 0 Å². The van der Waals surface area contributed by atoms with Gasteiger partial charge in [-0.1, -0.05) is 26.0 Å². The molecule has 0 aliphatic rings. The van der Waals surface area contributed by atoms with Crippen molar-refractivity contribution in [1.82, 2.24) is 14.9 Å². The van der Waals surface area contributed by atoms with Gasteiger partial charge in [0.05, 0.1) is 11.7 Å². The lowest BCUT2D eigenvalue weighted by atomic mass is 10.1. The lowest BCUT2D eigenvalue weighted by molar-refractivity contribution is -0.121. The van der Waals surface area contributed by atoms with Crippen molar-refractivity contribution in [3.8, 4) is 11.1 Å². The third kappa shape index (κ3) is 3.99. The molecule has 26 heavy (non-hydrogen) atoms. The molecule has 5 nitrogen and oxygen atoms in total. The van der Waals surface area contributed by atoms with E-state index in [2.05, 4.69) is 24.1 Å². The minimum atomic E-state index is -0.332. The molecule has 2 heterocycles. The van der Waals surface area contributed by atoms with E-state index in [0.29, 0.717) is 28.2 Å². The zero-order valence-electron chi connectivity index (χ0n) is 14.7. The Labute approximate surface area is 154 Å². The highest BCUT2D eigenvalue weighted by Crippen LogP contribution is 2.30. The smallest absolute Gasteiger partial charge is 0.263 e. The molecule has 3 rings (SSSR count). The quantitative estimate of drug-likeness (QED) is 0.720. The van der Waals surface area contributed by atoms with Crippen LogP contribution in [0.15, 0.2) is 40.8 Å². The van der Waals surface area contributed by atoms with E-state index in [4.69, 9.17) is 0 Å². The van der Waals surface area contributed by atoms with Crippen molar-refractivity contribution in [3.63, 3.8) is 0 Å². The molecule has 0 aliphatic heterocycles. The molecule has 0 saturated heterocycles. The van der Waals surface area contributed by atoms with Crippen molar-refractivity contribution in [2.24, 2.45) is 5.92 Å². The van der Waals surface area contributed by atoms with Crippen molar-refractivity contribution < 1.29 is 9.18 Å². The molecule has 136 valence electrons. The fourth-order valence-electron chi connectivity index (χ4n) is 2.63. The Hall–Kier alpha value is -2.54. The number of carbonyl (C=O) groups is 1. The normalized spacial score (nSPS) is 11.2. The van der Waals surface area contributed by atoms with Crippen LogP contribution in [0.25, 0.3) is 21.3 Å². The van der Waals surface area contributed by atoms with Crippen molar-refractivity contribution >= 4 is 27.5 Å². The van der Waals surface area contributed by atoms with Gasteiger partial charge >= 0.3 is 0 Å². The zero-order valence-corrected chi connectivity index (χ0v) is 15.5. The predicted molar refractivity (Wildman–Crippen MR) is 102 cm³/mol. The molecule has 1 N–H and O–H groups in total. The second kappa shape index (κ2) is 7.78. The van der Waals surface area contributed by atoms with Crippen LogP contribution in [-0.2, 0) is 11.3 Å². The zero-order chi connectivity index (χ0) is 18.7. The summed E-state index contributed by atoms with van der Waals surface area (Å²) in [6, 6.07) is 5.98. The van der Waals surface area contributed by atoms with E-state index in [9.17, 15) is 14.0 Å². The summed E-state index contributed by atoms with van der Waals surface area (Å²) in [5.74, 6) is -0.0468. The topological polar surface area (TPSA) is 64.0 Å². The first kappa shape index (κ1) is 18.3. The third-order valence-electron chi connectivity index (χ3n) is 4.07. The van der Waals surface area contributed by atoms with Crippen LogP contribution in [0.3, 0.4) is 0 Å². The molecule has 2 aromatic heterocycles. The molecule has 0 spiro atoms. The average molecular weight is 373 g/mol. The van der Waals surface area contributed by atoms with E-state index in [-0.39, 0.29) is 23.8 Å². The average Bonchev–Trinajstić information content (AvgIpc) is 3.02. The van der Waals surface area contributed by atoms with Crippen molar-refractivity contribution in [2.75, 3.05) is 6.54 Å². The van der Waals surface area contributed by atoms with Gasteiger partial charge < -0.3 is 5.32 Å². The highest BCUT2D eigenvalue weighted by Gasteiger charge is 2.14. The molecule has 0 saturated carbocycles. The van der Waals surface area contributed by atoms with Crippen molar-refractivity contribution in [2.45, 2.75) is 26.8 Å². The second-order valence-electron chi connectivity index (χ2n) is 6.55. The Balaban J connectivity index is 1.88. The summed E-state index contributed by atoms with van der Waals surface area (Å²) in [6.45, 7) is 4.68. The molecule has 7 heteroatoms. The third-order valence-corrected chi connectivity index (χ3v) is 4.96. The lowest BCUT2D eigenvalue weighted by Crippen LogP contribution is -2.33. The Morgan fingerprint density at radius 2 is 2.04 bits per heavy atom. The fourth-order valence-corrected chi connectivity index (χ4v) is 3.54. The van der Waals surface area contributed by atoms with Crippen LogP contribution < -0.4 is 10.9 Å². The van der Waals surface area contributed by atoms with E-state index in [1.165, 1.54) is 34.4 Å². The van der Waals surface area contributed by atoms with E-state index in [1.807, 2.05) is 5.38 Å². The highest BCUT2D eigenvalue weighted by molar-refractivity contribution is 7.17. The van der Waals surface area contributed by atoms with Crippen LogP contribution in [0.4, 0.5) is 4.39 Å². The van der Waals surface area contributed by atoms with Crippen LogP contribution in [0, 0.1) is 11.7 Å². The Bertz CT molecular complexity index is 977. The van der Waals surface area contributed by atoms with E-state index in [0.717, 1.165) is 12.0 Å². The number of hydrogen-bond donors (Lipinski definition) is 1. The van der Waals surface area contributed by atoms with Gasteiger partial charge in [-0.15, -0.1) is 11.3 Å². The van der Waals surface area contributed by atoms with Gasteiger partial charge in [0.25, 0.3) is 5.56 Å². The molecule has 0 radical (unpaired) electrons. The molecule has 0 aliphatic carbocycles. The van der Waals surface area contributed by atoms with Crippen molar-refractivity contribution in [3.05, 3.63) is 52.1 Å². The molecule has 0 unspecified atom stereocenters. The molecular weight excluding hydrogens is 353 g/mol. The summed E-state index contributed by atoms with van der Waals surface area (Å²) in [5.41, 5.74) is 1.18. The van der Waals surface area contributed by atoms with Gasteiger partial charge in [0, 0.05) is 17.5 Å². The van der Waals surface area contributed by atoms with Gasteiger partial charge in [-0.3, -0.25) is 14.2 Å². The first-order valence-corrected chi connectivity index (χ1v) is 9.33. The number of halogens is 1. The second-order valence-corrected chi connectivity index (χ2v) is 7.40. The monoisotopic (exact) mass is 373 g/mol. The van der Waals surface area contributed by atoms with E-state index >= 15 is 0 Å². The van der Waals surface area contributed by atoms with Gasteiger partial charge in [0.2, 0.25) is 5.91 Å². The first-order valence-electron chi connectivity index (χ1n) is 8.45. The maximum Gasteiger partial charge on any atom is 0.263 e. The fraction of sp³-hybridized carbons (Fsp3) is 0.316. The molecule has 0 fully saturated rings. The SMILES string of the molecule is CC(C)CCNC(=O)Cn1cnc2scc(-c3ccc(F)cc3)c2c1=O. The summed E-state index contributed by atoms with van der Waals surface area (Å²) < 4.78 is 14.5. The van der Waals surface area contributed by atoms with Crippen LogP contribution in [0.5, 0.6) is 0 Å². The number of nitrogens with one attached hydrogen (secondary N) is 1. The molecule has 1 aromatic carbocycles. The number of benzene rings is 1. The summed E-state index contributed by atoms with van der Waals surface area (Å²) in [4.78, 5) is 29.8. The Morgan fingerprint density at radius 3 is 2.73 bits per heavy atom. The molecule has 1 amide bonds. The summed E-state index contributed by atoms with van der Waals surface area (Å²) in [6.07, 6.45) is 2.29. The maximum absolute atomic E-state index is 13.2. The Morgan fingerprint density at radius 1 is 1.31 bits per heavy atom. The predicted octanol–water partition coefficient (Wildman–Crippen LogP) is 3.43. The largest absolute Gasteiger partial charge is 0.355 e. The number of rotatable bonds is 6. The maximum atomic E-state index is 13.2. The minimum Gasteiger partial charge on any atom is -0.355 e. The van der Waals surface area contributed by atoms with Gasteiger partial charge in [-0.2, -0.15) is 0 Å². The number of aromatic nitrogens is 2. The van der Waals surface area contributed by atoms with Crippen LogP contribution in [-0.4, -0.2) is 22.0 Å². The number of carbonyl (C=O) groups excluding carboxylic acids is 1. The molecule has 0 atom stereocenters. The summed E-state index contributed by atoms with van der Waals surface area (Å²) >= 11 is 1.35. The van der Waals surface area contributed by atoms with Gasteiger partial charge in [-0.05, 0) is 30.0 Å². The van der Waals surface area contributed by atoms with Gasteiger partial charge in [0.1, 0.15) is 17.2 Å². The highest BCUT2D eigenvalue weighted by atomic mass is 32.1. The lowest BCUT2D eigenvalue weighted by Gasteiger charge is -2.09. The number of thiophene rings is 1. The number of amides is 1. The molecular formula is C19H20FN3O2S. The standard InChI is InChI=1S/C19H20FN3O2S/c1-12(2)7-8-21-16(24)9-23-11-22-18-17(19(23)25)15(10-26-18)13-3-5-14(20)6-4-13/h3-6,10-12H,7-9H2,1-2H3,(H,21,24). The number of nitrogens with zero attached hydrogens (tertiary/aromatic N) is 2. The van der Waals surface area contributed by atoms with Crippen LogP contribution >= 0.6 is 11.3 Å². The van der Waals surface area contributed by atoms with Gasteiger partial charge in [0.15, 0.2) is 0 Å². The number of hydrogen-bond acceptors (Lipinski definition) is 4. The van der Waals surface area contributed by atoms with Crippen LogP contribution in [0.1, 0.15) is 20.3 Å².